The Labute approximate surface area is 128 Å². The van der Waals surface area contributed by atoms with Crippen molar-refractivity contribution < 1.29 is 9.84 Å². The smallest absolute Gasteiger partial charge is 0.0916 e. The van der Waals surface area contributed by atoms with E-state index in [1.807, 2.05) is 0 Å². The molecule has 0 aromatic heterocycles. The van der Waals surface area contributed by atoms with Crippen molar-refractivity contribution in [1.29, 1.82) is 0 Å². The normalized spacial score (nSPS) is 20.7. The summed E-state index contributed by atoms with van der Waals surface area (Å²) < 4.78 is 5.76. The number of nitrogens with zero attached hydrogens (tertiary/aromatic N) is 1. The van der Waals surface area contributed by atoms with Crippen LogP contribution in [0.25, 0.3) is 0 Å². The minimum Gasteiger partial charge on any atom is -0.387 e. The predicted molar refractivity (Wildman–Crippen MR) is 86.5 cm³/mol. The number of aryl methyl sites for hydroxylation is 1. The SMILES string of the molecule is CCCc1ccc(C(O)CN(C)CC2CCCCO2)cc1. The first-order valence-electron chi connectivity index (χ1n) is 8.26. The molecule has 0 aliphatic carbocycles. The first-order valence-corrected chi connectivity index (χ1v) is 8.26. The molecule has 1 fully saturated rings. The van der Waals surface area contributed by atoms with Gasteiger partial charge < -0.3 is 14.7 Å². The van der Waals surface area contributed by atoms with Crippen LogP contribution in [0.4, 0.5) is 0 Å². The minimum absolute atomic E-state index is 0.336. The molecule has 21 heavy (non-hydrogen) atoms. The lowest BCUT2D eigenvalue weighted by Gasteiger charge is -2.28. The third kappa shape index (κ3) is 5.42. The number of aliphatic hydroxyl groups excluding tert-OH is 1. The van der Waals surface area contributed by atoms with Crippen molar-refractivity contribution in [1.82, 2.24) is 4.90 Å². The molecule has 1 aliphatic rings. The Morgan fingerprint density at radius 2 is 2.05 bits per heavy atom. The van der Waals surface area contributed by atoms with Gasteiger partial charge in [-0.25, -0.2) is 0 Å². The van der Waals surface area contributed by atoms with Gasteiger partial charge in [-0.1, -0.05) is 37.6 Å². The molecular formula is C18H29NO2. The van der Waals surface area contributed by atoms with Crippen LogP contribution in [0.15, 0.2) is 24.3 Å². The molecule has 0 bridgehead atoms. The number of likely N-dealkylation sites (N-methyl/N-ethyl adjacent to an activating group) is 1. The maximum absolute atomic E-state index is 10.4. The van der Waals surface area contributed by atoms with Gasteiger partial charge in [0.1, 0.15) is 0 Å². The van der Waals surface area contributed by atoms with Gasteiger partial charge >= 0.3 is 0 Å². The Bertz CT molecular complexity index is 398. The topological polar surface area (TPSA) is 32.7 Å². The molecule has 2 atom stereocenters. The standard InChI is InChI=1S/C18H29NO2/c1-3-6-15-8-10-16(11-9-15)18(20)14-19(2)13-17-7-4-5-12-21-17/h8-11,17-18,20H,3-7,12-14H2,1-2H3. The third-order valence-corrected chi connectivity index (χ3v) is 4.18. The molecule has 1 saturated heterocycles. The zero-order chi connectivity index (χ0) is 15.1. The van der Waals surface area contributed by atoms with Gasteiger partial charge in [-0.3, -0.25) is 0 Å². The Hall–Kier alpha value is -0.900. The van der Waals surface area contributed by atoms with E-state index in [1.165, 1.54) is 18.4 Å². The van der Waals surface area contributed by atoms with E-state index in [-0.39, 0.29) is 0 Å². The average molecular weight is 291 g/mol. The second-order valence-corrected chi connectivity index (χ2v) is 6.22. The van der Waals surface area contributed by atoms with Crippen LogP contribution in [0.3, 0.4) is 0 Å². The molecule has 118 valence electrons. The van der Waals surface area contributed by atoms with E-state index in [9.17, 15) is 5.11 Å². The summed E-state index contributed by atoms with van der Waals surface area (Å²) in [4.78, 5) is 2.18. The number of benzene rings is 1. The van der Waals surface area contributed by atoms with E-state index >= 15 is 0 Å². The summed E-state index contributed by atoms with van der Waals surface area (Å²) >= 11 is 0. The highest BCUT2D eigenvalue weighted by Crippen LogP contribution is 2.18. The zero-order valence-corrected chi connectivity index (χ0v) is 13.4. The number of hydrogen-bond acceptors (Lipinski definition) is 3. The lowest BCUT2D eigenvalue weighted by molar-refractivity contribution is -0.00795. The Kier molecular flexibility index (Phi) is 6.68. The van der Waals surface area contributed by atoms with Crippen LogP contribution >= 0.6 is 0 Å². The molecule has 2 rings (SSSR count). The number of aliphatic hydroxyl groups is 1. The van der Waals surface area contributed by atoms with E-state index in [2.05, 4.69) is 43.1 Å². The lowest BCUT2D eigenvalue weighted by atomic mass is 10.0. The number of ether oxygens (including phenoxy) is 1. The molecule has 1 N–H and O–H groups in total. The van der Waals surface area contributed by atoms with Gasteiger partial charge in [0.2, 0.25) is 0 Å². The van der Waals surface area contributed by atoms with Crippen molar-refractivity contribution in [3.8, 4) is 0 Å². The predicted octanol–water partition coefficient (Wildman–Crippen LogP) is 3.17. The second kappa shape index (κ2) is 8.52. The van der Waals surface area contributed by atoms with Crippen LogP contribution in [-0.2, 0) is 11.2 Å². The largest absolute Gasteiger partial charge is 0.387 e. The molecule has 3 heteroatoms. The van der Waals surface area contributed by atoms with Crippen molar-refractivity contribution in [2.45, 2.75) is 51.2 Å². The molecule has 0 radical (unpaired) electrons. The molecule has 1 heterocycles. The first-order chi connectivity index (χ1) is 10.2. The quantitative estimate of drug-likeness (QED) is 0.837. The van der Waals surface area contributed by atoms with Crippen LogP contribution < -0.4 is 0 Å². The van der Waals surface area contributed by atoms with Crippen LogP contribution in [0.1, 0.15) is 49.8 Å². The molecule has 0 spiro atoms. The summed E-state index contributed by atoms with van der Waals surface area (Å²) in [6.07, 6.45) is 5.78. The lowest BCUT2D eigenvalue weighted by Crippen LogP contribution is -2.35. The van der Waals surface area contributed by atoms with Gasteiger partial charge in [0.25, 0.3) is 0 Å². The molecule has 0 amide bonds. The third-order valence-electron chi connectivity index (χ3n) is 4.18. The summed E-state index contributed by atoms with van der Waals surface area (Å²) in [5, 5.41) is 10.4. The number of rotatable bonds is 7. The molecule has 1 aromatic rings. The molecule has 3 nitrogen and oxygen atoms in total. The van der Waals surface area contributed by atoms with Gasteiger partial charge in [-0.05, 0) is 43.9 Å². The highest BCUT2D eigenvalue weighted by Gasteiger charge is 2.18. The highest BCUT2D eigenvalue weighted by atomic mass is 16.5. The molecular weight excluding hydrogens is 262 g/mol. The fraction of sp³-hybridized carbons (Fsp3) is 0.667. The van der Waals surface area contributed by atoms with Gasteiger partial charge in [-0.2, -0.15) is 0 Å². The van der Waals surface area contributed by atoms with Crippen LogP contribution in [0, 0.1) is 0 Å². The summed E-state index contributed by atoms with van der Waals surface area (Å²) in [6, 6.07) is 8.37. The van der Waals surface area contributed by atoms with E-state index in [0.717, 1.165) is 38.0 Å². The van der Waals surface area contributed by atoms with Crippen LogP contribution in [0.2, 0.25) is 0 Å². The van der Waals surface area contributed by atoms with Crippen molar-refractivity contribution in [3.63, 3.8) is 0 Å². The molecule has 0 saturated carbocycles. The van der Waals surface area contributed by atoms with Crippen molar-refractivity contribution in [2.24, 2.45) is 0 Å². The summed E-state index contributed by atoms with van der Waals surface area (Å²) in [5.41, 5.74) is 2.35. The van der Waals surface area contributed by atoms with Crippen LogP contribution in [0.5, 0.6) is 0 Å². The first kappa shape index (κ1) is 16.5. The second-order valence-electron chi connectivity index (χ2n) is 6.22. The van der Waals surface area contributed by atoms with Crippen molar-refractivity contribution >= 4 is 0 Å². The molecule has 2 unspecified atom stereocenters. The van der Waals surface area contributed by atoms with E-state index in [0.29, 0.717) is 12.6 Å². The fourth-order valence-electron chi connectivity index (χ4n) is 2.97. The van der Waals surface area contributed by atoms with Gasteiger partial charge in [0.05, 0.1) is 12.2 Å². The Morgan fingerprint density at radius 1 is 1.29 bits per heavy atom. The molecule has 1 aliphatic heterocycles. The maximum atomic E-state index is 10.4. The minimum atomic E-state index is -0.422. The highest BCUT2D eigenvalue weighted by molar-refractivity contribution is 5.24. The maximum Gasteiger partial charge on any atom is 0.0916 e. The zero-order valence-electron chi connectivity index (χ0n) is 13.4. The number of hydrogen-bond donors (Lipinski definition) is 1. The summed E-state index contributed by atoms with van der Waals surface area (Å²) in [7, 11) is 2.06. The van der Waals surface area contributed by atoms with Gasteiger partial charge in [0, 0.05) is 19.7 Å². The Balaban J connectivity index is 1.80. The van der Waals surface area contributed by atoms with Crippen molar-refractivity contribution in [3.05, 3.63) is 35.4 Å². The van der Waals surface area contributed by atoms with Crippen molar-refractivity contribution in [2.75, 3.05) is 26.7 Å². The van der Waals surface area contributed by atoms with E-state index in [4.69, 9.17) is 4.74 Å². The van der Waals surface area contributed by atoms with Gasteiger partial charge in [0.15, 0.2) is 0 Å². The van der Waals surface area contributed by atoms with E-state index in [1.54, 1.807) is 0 Å². The summed E-state index contributed by atoms with van der Waals surface area (Å²) in [6.45, 7) is 4.64. The summed E-state index contributed by atoms with van der Waals surface area (Å²) in [5.74, 6) is 0. The monoisotopic (exact) mass is 291 g/mol. The average Bonchev–Trinajstić information content (AvgIpc) is 2.49. The molecule has 1 aromatic carbocycles. The van der Waals surface area contributed by atoms with Crippen LogP contribution in [-0.4, -0.2) is 42.9 Å². The van der Waals surface area contributed by atoms with Gasteiger partial charge in [-0.15, -0.1) is 0 Å². The Morgan fingerprint density at radius 3 is 2.67 bits per heavy atom. The van der Waals surface area contributed by atoms with E-state index < -0.39 is 6.10 Å². The fourth-order valence-corrected chi connectivity index (χ4v) is 2.97.